The van der Waals surface area contributed by atoms with Crippen LogP contribution in [-0.2, 0) is 4.74 Å². The Morgan fingerprint density at radius 2 is 1.83 bits per heavy atom. The lowest BCUT2D eigenvalue weighted by Gasteiger charge is -2.11. The van der Waals surface area contributed by atoms with Crippen molar-refractivity contribution >= 4 is 35.9 Å². The number of thiol groups is 1. The highest BCUT2D eigenvalue weighted by Crippen LogP contribution is 2.20. The van der Waals surface area contributed by atoms with Gasteiger partial charge in [0.2, 0.25) is 0 Å². The molecule has 0 aliphatic rings. The molecule has 2 N–H and O–H groups in total. The molecule has 0 saturated carbocycles. The quantitative estimate of drug-likeness (QED) is 0.570. The fraction of sp³-hybridized carbons (Fsp3) is 0.111. The highest BCUT2D eigenvalue weighted by molar-refractivity contribution is 7.84. The second-order valence-electron chi connectivity index (χ2n) is 5.13. The Kier molecular flexibility index (Phi) is 5.65. The first-order valence-corrected chi connectivity index (χ1v) is 7.60. The Hall–Kier alpha value is -2.73. The fourth-order valence-electron chi connectivity index (χ4n) is 2.15. The largest absolute Gasteiger partial charge is 0.465 e. The third-order valence-corrected chi connectivity index (χ3v) is 3.42. The summed E-state index contributed by atoms with van der Waals surface area (Å²) in [7, 11) is 1.31. The highest BCUT2D eigenvalue weighted by atomic mass is 32.1. The van der Waals surface area contributed by atoms with Gasteiger partial charge in [-0.3, -0.25) is 4.79 Å². The van der Waals surface area contributed by atoms with Crippen molar-refractivity contribution in [1.29, 1.82) is 0 Å². The van der Waals surface area contributed by atoms with Crippen molar-refractivity contribution in [3.63, 3.8) is 0 Å². The molecule has 0 aliphatic heterocycles. The van der Waals surface area contributed by atoms with Gasteiger partial charge in [0.1, 0.15) is 0 Å². The lowest BCUT2D eigenvalue weighted by Crippen LogP contribution is -2.13. The van der Waals surface area contributed by atoms with E-state index in [0.717, 1.165) is 11.3 Å². The summed E-state index contributed by atoms with van der Waals surface area (Å²) in [6, 6.07) is 11.8. The van der Waals surface area contributed by atoms with Crippen molar-refractivity contribution in [3.05, 3.63) is 70.8 Å². The molecule has 0 bridgehead atoms. The summed E-state index contributed by atoms with van der Waals surface area (Å²) in [5, 5.41) is 6.29. The van der Waals surface area contributed by atoms with Gasteiger partial charge in [-0.15, -0.1) is 12.6 Å². The van der Waals surface area contributed by atoms with Gasteiger partial charge in [0.25, 0.3) is 5.91 Å². The number of aryl methyl sites for hydroxylation is 1. The fourth-order valence-corrected chi connectivity index (χ4v) is 2.27. The molecule has 0 atom stereocenters. The van der Waals surface area contributed by atoms with Crippen LogP contribution < -0.4 is 10.6 Å². The average molecular weight is 342 g/mol. The van der Waals surface area contributed by atoms with E-state index in [1.165, 1.54) is 7.11 Å². The normalized spacial score (nSPS) is 9.96. The van der Waals surface area contributed by atoms with E-state index in [2.05, 4.69) is 34.6 Å². The molecule has 2 aromatic carbocycles. The van der Waals surface area contributed by atoms with Gasteiger partial charge in [0.05, 0.1) is 17.7 Å². The molecule has 1 amide bonds. The maximum Gasteiger partial charge on any atom is 0.337 e. The summed E-state index contributed by atoms with van der Waals surface area (Å²) in [4.78, 5) is 23.9. The summed E-state index contributed by atoms with van der Waals surface area (Å²) < 4.78 is 4.67. The van der Waals surface area contributed by atoms with Crippen molar-refractivity contribution in [1.82, 2.24) is 0 Å². The number of carbonyl (C=O) groups excluding carboxylic acids is 2. The number of methoxy groups -OCH3 is 1. The van der Waals surface area contributed by atoms with Crippen LogP contribution >= 0.6 is 12.6 Å². The number of benzene rings is 2. The second-order valence-corrected chi connectivity index (χ2v) is 5.67. The number of esters is 1. The van der Waals surface area contributed by atoms with E-state index in [9.17, 15) is 9.59 Å². The molecule has 5 nitrogen and oxygen atoms in total. The van der Waals surface area contributed by atoms with E-state index in [-0.39, 0.29) is 5.91 Å². The summed E-state index contributed by atoms with van der Waals surface area (Å²) in [6.07, 6.45) is 0. The first-order chi connectivity index (χ1) is 11.4. The van der Waals surface area contributed by atoms with Gasteiger partial charge in [-0.1, -0.05) is 12.6 Å². The van der Waals surface area contributed by atoms with Gasteiger partial charge in [0.15, 0.2) is 0 Å². The lowest BCUT2D eigenvalue weighted by molar-refractivity contribution is 0.0600. The summed E-state index contributed by atoms with van der Waals surface area (Å²) in [5.41, 5.74) is 3.12. The number of ether oxygens (including phenoxy) is 1. The first-order valence-electron chi connectivity index (χ1n) is 7.16. The Labute approximate surface area is 146 Å². The third-order valence-electron chi connectivity index (χ3n) is 3.31. The van der Waals surface area contributed by atoms with Gasteiger partial charge in [-0.25, -0.2) is 4.79 Å². The molecule has 0 heterocycles. The van der Waals surface area contributed by atoms with Crippen LogP contribution in [0.1, 0.15) is 26.3 Å². The molecular formula is C18H18N2O3S. The maximum absolute atomic E-state index is 12.4. The zero-order valence-corrected chi connectivity index (χ0v) is 14.3. The third kappa shape index (κ3) is 4.39. The Balaban J connectivity index is 2.17. The molecule has 24 heavy (non-hydrogen) atoms. The van der Waals surface area contributed by atoms with E-state index in [0.29, 0.717) is 21.8 Å². The van der Waals surface area contributed by atoms with Gasteiger partial charge >= 0.3 is 5.97 Å². The summed E-state index contributed by atoms with van der Waals surface area (Å²) >= 11 is 4.10. The van der Waals surface area contributed by atoms with Crippen molar-refractivity contribution in [3.8, 4) is 0 Å². The molecule has 2 rings (SSSR count). The topological polar surface area (TPSA) is 67.4 Å². The predicted molar refractivity (Wildman–Crippen MR) is 98.7 cm³/mol. The Morgan fingerprint density at radius 1 is 1.08 bits per heavy atom. The molecule has 0 aliphatic carbocycles. The minimum atomic E-state index is -0.454. The maximum atomic E-state index is 12.4. The average Bonchev–Trinajstić information content (AvgIpc) is 2.55. The number of amides is 1. The van der Waals surface area contributed by atoms with Crippen LogP contribution in [0.5, 0.6) is 0 Å². The smallest absolute Gasteiger partial charge is 0.337 e. The number of nitrogens with one attached hydrogen (secondary N) is 2. The van der Waals surface area contributed by atoms with Crippen molar-refractivity contribution in [2.75, 3.05) is 17.7 Å². The van der Waals surface area contributed by atoms with Crippen LogP contribution in [-0.4, -0.2) is 19.0 Å². The van der Waals surface area contributed by atoms with E-state index < -0.39 is 5.97 Å². The van der Waals surface area contributed by atoms with Crippen LogP contribution in [0.2, 0.25) is 0 Å². The van der Waals surface area contributed by atoms with Crippen molar-refractivity contribution < 1.29 is 14.3 Å². The Bertz CT molecular complexity index is 803. The number of hydrogen-bond donors (Lipinski definition) is 3. The molecule has 0 saturated heterocycles. The Morgan fingerprint density at radius 3 is 2.46 bits per heavy atom. The van der Waals surface area contributed by atoms with E-state index in [4.69, 9.17) is 0 Å². The van der Waals surface area contributed by atoms with Gasteiger partial charge < -0.3 is 15.4 Å². The van der Waals surface area contributed by atoms with Crippen LogP contribution in [0.25, 0.3) is 0 Å². The van der Waals surface area contributed by atoms with Crippen molar-refractivity contribution in [2.24, 2.45) is 0 Å². The molecule has 0 radical (unpaired) electrons. The number of rotatable bonds is 5. The SMILES string of the molecule is C=C(S)Nc1ccc(C(=O)Nc2cccc(C(=O)OC)c2)cc1C. The van der Waals surface area contributed by atoms with Crippen molar-refractivity contribution in [2.45, 2.75) is 6.92 Å². The standard InChI is InChI=1S/C18H18N2O3S/c1-11-9-13(7-8-16(11)19-12(2)24)17(21)20-15-6-4-5-14(10-15)18(22)23-3/h4-10,19,24H,2H2,1,3H3,(H,20,21). The minimum absolute atomic E-state index is 0.267. The van der Waals surface area contributed by atoms with Crippen LogP contribution in [0.15, 0.2) is 54.1 Å². The molecule has 0 spiro atoms. The summed E-state index contributed by atoms with van der Waals surface area (Å²) in [5.74, 6) is -0.722. The van der Waals surface area contributed by atoms with E-state index in [1.807, 2.05) is 6.92 Å². The highest BCUT2D eigenvalue weighted by Gasteiger charge is 2.10. The van der Waals surface area contributed by atoms with Crippen LogP contribution in [0.3, 0.4) is 0 Å². The molecule has 0 fully saturated rings. The number of anilines is 2. The minimum Gasteiger partial charge on any atom is -0.465 e. The molecular weight excluding hydrogens is 324 g/mol. The molecule has 124 valence electrons. The predicted octanol–water partition coefficient (Wildman–Crippen LogP) is 3.85. The first kappa shape index (κ1) is 17.6. The van der Waals surface area contributed by atoms with E-state index in [1.54, 1.807) is 42.5 Å². The zero-order chi connectivity index (χ0) is 17.7. The van der Waals surface area contributed by atoms with E-state index >= 15 is 0 Å². The lowest BCUT2D eigenvalue weighted by atomic mass is 10.1. The summed E-state index contributed by atoms with van der Waals surface area (Å²) in [6.45, 7) is 5.55. The zero-order valence-electron chi connectivity index (χ0n) is 13.4. The van der Waals surface area contributed by atoms with Crippen LogP contribution in [0, 0.1) is 6.92 Å². The molecule has 6 heteroatoms. The van der Waals surface area contributed by atoms with Gasteiger partial charge in [-0.2, -0.15) is 0 Å². The van der Waals surface area contributed by atoms with Gasteiger partial charge in [-0.05, 0) is 48.9 Å². The second kappa shape index (κ2) is 7.70. The van der Waals surface area contributed by atoms with Gasteiger partial charge in [0, 0.05) is 16.9 Å². The number of hydrogen-bond acceptors (Lipinski definition) is 5. The molecule has 0 aromatic heterocycles. The molecule has 0 unspecified atom stereocenters. The number of carbonyl (C=O) groups is 2. The monoisotopic (exact) mass is 342 g/mol. The molecule has 2 aromatic rings. The van der Waals surface area contributed by atoms with Crippen LogP contribution in [0.4, 0.5) is 11.4 Å².